The fourth-order valence-corrected chi connectivity index (χ4v) is 5.95. The molecular formula is C21H29ClF3N3O3S. The lowest BCUT2D eigenvalue weighted by Crippen LogP contribution is -2.43. The molecule has 3 rings (SSSR count). The maximum Gasteiger partial charge on any atom is 0.417 e. The molecule has 1 aromatic rings. The van der Waals surface area contributed by atoms with E-state index in [9.17, 15) is 26.4 Å². The second kappa shape index (κ2) is 10.7. The Morgan fingerprint density at radius 1 is 1.09 bits per heavy atom. The van der Waals surface area contributed by atoms with Crippen LogP contribution in [0.4, 0.5) is 13.2 Å². The van der Waals surface area contributed by atoms with Crippen LogP contribution in [0.25, 0.3) is 0 Å². The van der Waals surface area contributed by atoms with Gasteiger partial charge in [-0.2, -0.15) is 17.5 Å². The zero-order chi connectivity index (χ0) is 23.4. The van der Waals surface area contributed by atoms with Crippen molar-refractivity contribution in [2.45, 2.75) is 49.6 Å². The molecule has 0 aromatic heterocycles. The number of nitrogens with one attached hydrogen (secondary N) is 1. The highest BCUT2D eigenvalue weighted by molar-refractivity contribution is 7.89. The average Bonchev–Trinajstić information content (AvgIpc) is 2.76. The van der Waals surface area contributed by atoms with Gasteiger partial charge in [-0.05, 0) is 69.9 Å². The van der Waals surface area contributed by atoms with Crippen molar-refractivity contribution < 1.29 is 26.4 Å². The summed E-state index contributed by atoms with van der Waals surface area (Å²) in [6, 6.07) is 2.59. The fourth-order valence-electron chi connectivity index (χ4n) is 4.23. The van der Waals surface area contributed by atoms with Crippen LogP contribution >= 0.6 is 11.6 Å². The van der Waals surface area contributed by atoms with Crippen molar-refractivity contribution in [2.75, 3.05) is 39.3 Å². The molecule has 1 N–H and O–H groups in total. The topological polar surface area (TPSA) is 69.7 Å². The van der Waals surface area contributed by atoms with Crippen molar-refractivity contribution in [2.24, 2.45) is 5.92 Å². The van der Waals surface area contributed by atoms with Crippen LogP contribution < -0.4 is 5.32 Å². The lowest BCUT2D eigenvalue weighted by Gasteiger charge is -2.31. The van der Waals surface area contributed by atoms with Crippen molar-refractivity contribution in [1.82, 2.24) is 14.5 Å². The van der Waals surface area contributed by atoms with Gasteiger partial charge in [-0.3, -0.25) is 4.79 Å². The minimum atomic E-state index is -4.75. The minimum Gasteiger partial charge on any atom is -0.356 e. The Morgan fingerprint density at radius 2 is 1.75 bits per heavy atom. The number of rotatable bonds is 7. The van der Waals surface area contributed by atoms with Crippen molar-refractivity contribution in [3.8, 4) is 0 Å². The van der Waals surface area contributed by atoms with E-state index in [0.717, 1.165) is 42.5 Å². The fraction of sp³-hybridized carbons (Fsp3) is 0.667. The summed E-state index contributed by atoms with van der Waals surface area (Å²) in [7, 11) is -4.11. The smallest absolute Gasteiger partial charge is 0.356 e. The second-order valence-electron chi connectivity index (χ2n) is 8.36. The quantitative estimate of drug-likeness (QED) is 0.585. The molecule has 2 heterocycles. The van der Waals surface area contributed by atoms with Gasteiger partial charge in [0.05, 0.1) is 15.5 Å². The Kier molecular flexibility index (Phi) is 8.46. The lowest BCUT2D eigenvalue weighted by molar-refractivity contribution is -0.137. The molecular weight excluding hydrogens is 467 g/mol. The summed E-state index contributed by atoms with van der Waals surface area (Å²) in [5.41, 5.74) is -1.18. The van der Waals surface area contributed by atoms with E-state index < -0.39 is 31.7 Å². The highest BCUT2D eigenvalue weighted by Gasteiger charge is 2.37. The number of piperidine rings is 2. The number of carbonyl (C=O) groups is 1. The summed E-state index contributed by atoms with van der Waals surface area (Å²) < 4.78 is 66.1. The van der Waals surface area contributed by atoms with Crippen LogP contribution in [0.3, 0.4) is 0 Å². The molecule has 0 spiro atoms. The molecule has 0 bridgehead atoms. The Morgan fingerprint density at radius 3 is 2.38 bits per heavy atom. The zero-order valence-electron chi connectivity index (χ0n) is 17.8. The van der Waals surface area contributed by atoms with Crippen molar-refractivity contribution >= 4 is 27.5 Å². The number of sulfonamides is 1. The number of amides is 1. The van der Waals surface area contributed by atoms with Crippen LogP contribution in [0, 0.1) is 5.92 Å². The summed E-state index contributed by atoms with van der Waals surface area (Å²) in [5.74, 6) is -0.390. The highest BCUT2D eigenvalue weighted by Crippen LogP contribution is 2.36. The largest absolute Gasteiger partial charge is 0.417 e. The van der Waals surface area contributed by atoms with E-state index in [0.29, 0.717) is 25.5 Å². The van der Waals surface area contributed by atoms with Crippen LogP contribution in [0.1, 0.15) is 44.1 Å². The number of alkyl halides is 3. The molecule has 0 unspecified atom stereocenters. The van der Waals surface area contributed by atoms with Gasteiger partial charge in [0.2, 0.25) is 15.9 Å². The number of halogens is 4. The third-order valence-corrected chi connectivity index (χ3v) is 8.33. The van der Waals surface area contributed by atoms with Gasteiger partial charge in [0.1, 0.15) is 0 Å². The molecule has 2 aliphatic heterocycles. The molecule has 6 nitrogen and oxygen atoms in total. The summed E-state index contributed by atoms with van der Waals surface area (Å²) in [5, 5.41) is 2.39. The van der Waals surface area contributed by atoms with E-state index in [1.165, 1.54) is 19.3 Å². The first kappa shape index (κ1) is 25.3. The van der Waals surface area contributed by atoms with Gasteiger partial charge in [0.25, 0.3) is 0 Å². The van der Waals surface area contributed by atoms with Crippen LogP contribution in [-0.4, -0.2) is 62.8 Å². The number of nitrogens with zero attached hydrogens (tertiary/aromatic N) is 2. The molecule has 2 fully saturated rings. The van der Waals surface area contributed by atoms with E-state index in [-0.39, 0.29) is 24.9 Å². The maximum absolute atomic E-state index is 13.1. The predicted octanol–water partition coefficient (Wildman–Crippen LogP) is 3.75. The normalized spacial score (nSPS) is 19.8. The van der Waals surface area contributed by atoms with Crippen LogP contribution in [0.15, 0.2) is 23.1 Å². The molecule has 2 aliphatic rings. The van der Waals surface area contributed by atoms with Gasteiger partial charge in [-0.1, -0.05) is 18.0 Å². The molecule has 180 valence electrons. The summed E-state index contributed by atoms with van der Waals surface area (Å²) in [4.78, 5) is 14.4. The summed E-state index contributed by atoms with van der Waals surface area (Å²) in [6.45, 7) is 3.92. The van der Waals surface area contributed by atoms with Gasteiger partial charge < -0.3 is 10.2 Å². The molecule has 0 saturated carbocycles. The molecule has 11 heteroatoms. The van der Waals surface area contributed by atoms with Gasteiger partial charge in [0.15, 0.2) is 0 Å². The Balaban J connectivity index is 1.49. The van der Waals surface area contributed by atoms with Crippen molar-refractivity contribution in [3.05, 3.63) is 28.8 Å². The Hall–Kier alpha value is -1.36. The summed E-state index contributed by atoms with van der Waals surface area (Å²) in [6.07, 6.45) is 0.512. The van der Waals surface area contributed by atoms with Gasteiger partial charge in [0, 0.05) is 25.6 Å². The number of hydrogen-bond acceptors (Lipinski definition) is 4. The standard InChI is InChI=1S/C21H29ClF3N3O3S/c22-19-6-5-17(15-18(19)21(23,24)25)32(30,31)28-13-7-16(8-14-28)20(29)26-9-4-12-27-10-2-1-3-11-27/h5-6,15-16H,1-4,7-14H2,(H,26,29). The molecule has 0 atom stereocenters. The first-order valence-electron chi connectivity index (χ1n) is 11.0. The number of carbonyl (C=O) groups excluding carboxylic acids is 1. The lowest BCUT2D eigenvalue weighted by atomic mass is 9.97. The second-order valence-corrected chi connectivity index (χ2v) is 10.7. The zero-order valence-corrected chi connectivity index (χ0v) is 19.4. The van der Waals surface area contributed by atoms with Crippen LogP contribution in [0.5, 0.6) is 0 Å². The average molecular weight is 496 g/mol. The summed E-state index contributed by atoms with van der Waals surface area (Å²) >= 11 is 5.59. The van der Waals surface area contributed by atoms with E-state index >= 15 is 0 Å². The first-order chi connectivity index (χ1) is 15.1. The van der Waals surface area contributed by atoms with E-state index in [4.69, 9.17) is 11.6 Å². The Bertz CT molecular complexity index is 897. The molecule has 2 saturated heterocycles. The first-order valence-corrected chi connectivity index (χ1v) is 12.8. The van der Waals surface area contributed by atoms with Crippen molar-refractivity contribution in [3.63, 3.8) is 0 Å². The van der Waals surface area contributed by atoms with Crippen molar-refractivity contribution in [1.29, 1.82) is 0 Å². The van der Waals surface area contributed by atoms with Gasteiger partial charge >= 0.3 is 6.18 Å². The van der Waals surface area contributed by atoms with Gasteiger partial charge in [-0.15, -0.1) is 0 Å². The molecule has 1 amide bonds. The number of hydrogen-bond donors (Lipinski definition) is 1. The van der Waals surface area contributed by atoms with E-state index in [1.807, 2.05) is 0 Å². The van der Waals surface area contributed by atoms with E-state index in [1.54, 1.807) is 0 Å². The Labute approximate surface area is 192 Å². The third-order valence-electron chi connectivity index (χ3n) is 6.10. The van der Waals surface area contributed by atoms with Crippen LogP contribution in [0.2, 0.25) is 5.02 Å². The highest BCUT2D eigenvalue weighted by atomic mass is 35.5. The third kappa shape index (κ3) is 6.36. The SMILES string of the molecule is O=C(NCCCN1CCCCC1)C1CCN(S(=O)(=O)c2ccc(Cl)c(C(F)(F)F)c2)CC1. The van der Waals surface area contributed by atoms with Gasteiger partial charge in [-0.25, -0.2) is 8.42 Å². The van der Waals surface area contributed by atoms with Crippen LogP contribution in [-0.2, 0) is 21.0 Å². The minimum absolute atomic E-state index is 0.0815. The van der Waals surface area contributed by atoms with E-state index in [2.05, 4.69) is 10.2 Å². The molecule has 1 aromatic carbocycles. The number of benzene rings is 1. The monoisotopic (exact) mass is 495 g/mol. The predicted molar refractivity (Wildman–Crippen MR) is 116 cm³/mol. The molecule has 32 heavy (non-hydrogen) atoms. The molecule has 0 aliphatic carbocycles. The molecule has 0 radical (unpaired) electrons. The maximum atomic E-state index is 13.1. The number of likely N-dealkylation sites (tertiary alicyclic amines) is 1.